The molecule has 0 saturated heterocycles. The summed E-state index contributed by atoms with van der Waals surface area (Å²) in [4.78, 5) is 49.9. The van der Waals surface area contributed by atoms with Gasteiger partial charge in [0.15, 0.2) is 0 Å². The molecule has 31 heavy (non-hydrogen) atoms. The third kappa shape index (κ3) is 8.91. The second-order valence-electron chi connectivity index (χ2n) is 7.45. The van der Waals surface area contributed by atoms with Crippen LogP contribution in [0.25, 0.3) is 0 Å². The van der Waals surface area contributed by atoms with E-state index < -0.39 is 55.2 Å². The largest absolute Gasteiger partial charge is 0.508 e. The van der Waals surface area contributed by atoms with Crippen molar-refractivity contribution in [2.24, 2.45) is 0 Å². The third-order valence-corrected chi connectivity index (χ3v) is 3.85. The van der Waals surface area contributed by atoms with Crippen LogP contribution < -0.4 is 10.6 Å². The van der Waals surface area contributed by atoms with Gasteiger partial charge in [-0.1, -0.05) is 12.1 Å². The fraction of sp³-hybridized carbons (Fsp3) is 0.500. The Morgan fingerprint density at radius 3 is 2.19 bits per heavy atom. The number of ether oxygens (including phenoxy) is 2. The molecule has 1 aromatic carbocycles. The molecule has 11 heteroatoms. The van der Waals surface area contributed by atoms with Gasteiger partial charge in [0.05, 0.1) is 13.7 Å². The predicted octanol–water partition coefficient (Wildman–Crippen LogP) is 0.0681. The molecule has 0 aliphatic rings. The topological polar surface area (TPSA) is 154 Å². The van der Waals surface area contributed by atoms with Crippen molar-refractivity contribution in [1.29, 1.82) is 0 Å². The molecule has 0 spiro atoms. The Hall–Kier alpha value is -3.34. The number of carbonyl (C=O) groups is 4. The summed E-state index contributed by atoms with van der Waals surface area (Å²) in [5, 5.41) is 23.7. The predicted molar refractivity (Wildman–Crippen MR) is 109 cm³/mol. The van der Waals surface area contributed by atoms with Crippen LogP contribution in [-0.2, 0) is 23.9 Å². The molecule has 1 atom stereocenters. The zero-order valence-corrected chi connectivity index (χ0v) is 18.0. The summed E-state index contributed by atoms with van der Waals surface area (Å²) in [5.41, 5.74) is -0.445. The molecule has 0 radical (unpaired) electrons. The molecule has 0 aliphatic carbocycles. The van der Waals surface area contributed by atoms with Gasteiger partial charge in [-0.25, -0.2) is 4.79 Å². The van der Waals surface area contributed by atoms with Crippen molar-refractivity contribution in [3.63, 3.8) is 0 Å². The number of hydrogen-bond acceptors (Lipinski definition) is 8. The number of phenolic OH excluding ortho intramolecular Hbond substituents is 1. The van der Waals surface area contributed by atoms with Gasteiger partial charge in [0.25, 0.3) is 0 Å². The second kappa shape index (κ2) is 11.7. The van der Waals surface area contributed by atoms with Crippen LogP contribution >= 0.6 is 0 Å². The van der Waals surface area contributed by atoms with Crippen LogP contribution in [-0.4, -0.2) is 77.9 Å². The van der Waals surface area contributed by atoms with Crippen LogP contribution in [0.4, 0.5) is 4.79 Å². The fourth-order valence-corrected chi connectivity index (χ4v) is 2.53. The number of phenols is 1. The van der Waals surface area contributed by atoms with Crippen molar-refractivity contribution < 1.29 is 38.9 Å². The summed E-state index contributed by atoms with van der Waals surface area (Å²) in [6.45, 7) is 3.38. The van der Waals surface area contributed by atoms with E-state index in [1.54, 1.807) is 20.8 Å². The molecule has 11 nitrogen and oxygen atoms in total. The van der Waals surface area contributed by atoms with E-state index in [9.17, 15) is 29.4 Å². The van der Waals surface area contributed by atoms with E-state index in [0.717, 1.165) is 12.0 Å². The lowest BCUT2D eigenvalue weighted by Crippen LogP contribution is -2.49. The molecule has 1 unspecified atom stereocenters. The van der Waals surface area contributed by atoms with E-state index in [4.69, 9.17) is 4.74 Å². The second-order valence-corrected chi connectivity index (χ2v) is 7.45. The zero-order valence-electron chi connectivity index (χ0n) is 18.0. The normalized spacial score (nSPS) is 11.8. The van der Waals surface area contributed by atoms with Crippen molar-refractivity contribution in [3.8, 4) is 5.75 Å². The zero-order chi connectivity index (χ0) is 23.6. The molecule has 0 heterocycles. The van der Waals surface area contributed by atoms with Crippen molar-refractivity contribution in [1.82, 2.24) is 15.5 Å². The Labute approximate surface area is 180 Å². The molecule has 0 saturated carbocycles. The minimum Gasteiger partial charge on any atom is -0.508 e. The molecule has 4 N–H and O–H groups in total. The number of nitrogens with zero attached hydrogens (tertiary/aromatic N) is 1. The molecule has 3 amide bonds. The first-order valence-electron chi connectivity index (χ1n) is 9.49. The van der Waals surface area contributed by atoms with Crippen LogP contribution in [0.15, 0.2) is 24.3 Å². The van der Waals surface area contributed by atoms with E-state index in [1.807, 2.05) is 0 Å². The van der Waals surface area contributed by atoms with Crippen LogP contribution in [0, 0.1) is 0 Å². The molecule has 172 valence electrons. The minimum absolute atomic E-state index is 0.0518. The number of carbonyl (C=O) groups excluding carboxylic acids is 4. The van der Waals surface area contributed by atoms with Crippen LogP contribution in [0.2, 0.25) is 0 Å². The molecule has 0 aliphatic heterocycles. The van der Waals surface area contributed by atoms with E-state index >= 15 is 0 Å². The summed E-state index contributed by atoms with van der Waals surface area (Å²) in [5.74, 6) is -2.13. The van der Waals surface area contributed by atoms with E-state index in [-0.39, 0.29) is 12.3 Å². The lowest BCUT2D eigenvalue weighted by atomic mass is 10.0. The van der Waals surface area contributed by atoms with Crippen LogP contribution in [0.5, 0.6) is 5.75 Å². The van der Waals surface area contributed by atoms with Gasteiger partial charge in [-0.3, -0.25) is 14.4 Å². The molecule has 0 aromatic heterocycles. The van der Waals surface area contributed by atoms with Gasteiger partial charge in [-0.15, -0.1) is 0 Å². The first kappa shape index (κ1) is 25.7. The number of alkyl carbamates (subject to hydrolysis) is 1. The first-order valence-corrected chi connectivity index (χ1v) is 9.49. The van der Waals surface area contributed by atoms with Crippen LogP contribution in [0.1, 0.15) is 32.4 Å². The highest BCUT2D eigenvalue weighted by Crippen LogP contribution is 2.23. The number of nitrogens with one attached hydrogen (secondary N) is 2. The molecule has 1 rings (SSSR count). The number of amides is 3. The lowest BCUT2D eigenvalue weighted by Gasteiger charge is -2.31. The molecule has 0 bridgehead atoms. The molecule has 0 fully saturated rings. The summed E-state index contributed by atoms with van der Waals surface area (Å²) in [6.07, 6.45) is -0.818. The van der Waals surface area contributed by atoms with Gasteiger partial charge < -0.3 is 35.2 Å². The SMILES string of the molecule is COC(=O)CNC(=O)C(c1ccc(O)cc1)N(CCO)C(=O)CNC(=O)OC(C)(C)C. The average Bonchev–Trinajstić information content (AvgIpc) is 2.69. The quantitative estimate of drug-likeness (QED) is 0.394. The maximum absolute atomic E-state index is 12.8. The Morgan fingerprint density at radius 1 is 1.06 bits per heavy atom. The number of methoxy groups -OCH3 is 1. The fourth-order valence-electron chi connectivity index (χ4n) is 2.53. The van der Waals surface area contributed by atoms with Gasteiger partial charge in [0.1, 0.15) is 30.5 Å². The number of aromatic hydroxyl groups is 1. The number of aliphatic hydroxyl groups is 1. The Morgan fingerprint density at radius 2 is 1.68 bits per heavy atom. The van der Waals surface area contributed by atoms with Crippen molar-refractivity contribution in [3.05, 3.63) is 29.8 Å². The van der Waals surface area contributed by atoms with E-state index in [2.05, 4.69) is 15.4 Å². The standard InChI is InChI=1S/C20H29N3O8/c1-20(2,3)31-19(29)22-11-15(26)23(9-10-24)17(13-5-7-14(25)8-6-13)18(28)21-12-16(27)30-4/h5-8,17,24-25H,9-12H2,1-4H3,(H,21,28)(H,22,29). The Kier molecular flexibility index (Phi) is 9.74. The van der Waals surface area contributed by atoms with Crippen molar-refractivity contribution >= 4 is 23.9 Å². The molecular weight excluding hydrogens is 410 g/mol. The highest BCUT2D eigenvalue weighted by atomic mass is 16.6. The smallest absolute Gasteiger partial charge is 0.408 e. The minimum atomic E-state index is -1.25. The highest BCUT2D eigenvalue weighted by molar-refractivity contribution is 5.91. The molecular formula is C20H29N3O8. The van der Waals surface area contributed by atoms with Gasteiger partial charge in [0.2, 0.25) is 11.8 Å². The lowest BCUT2D eigenvalue weighted by molar-refractivity contribution is -0.144. The summed E-state index contributed by atoms with van der Waals surface area (Å²) < 4.78 is 9.58. The third-order valence-electron chi connectivity index (χ3n) is 3.85. The Bertz CT molecular complexity index is 774. The summed E-state index contributed by atoms with van der Waals surface area (Å²) in [7, 11) is 1.16. The van der Waals surface area contributed by atoms with Gasteiger partial charge >= 0.3 is 12.1 Å². The molecule has 1 aromatic rings. The van der Waals surface area contributed by atoms with Gasteiger partial charge in [0, 0.05) is 6.54 Å². The summed E-state index contributed by atoms with van der Waals surface area (Å²) >= 11 is 0. The maximum Gasteiger partial charge on any atom is 0.408 e. The average molecular weight is 439 g/mol. The maximum atomic E-state index is 12.8. The first-order chi connectivity index (χ1) is 14.5. The highest BCUT2D eigenvalue weighted by Gasteiger charge is 2.31. The van der Waals surface area contributed by atoms with Gasteiger partial charge in [-0.05, 0) is 38.5 Å². The summed E-state index contributed by atoms with van der Waals surface area (Å²) in [6, 6.07) is 4.27. The van der Waals surface area contributed by atoms with E-state index in [0.29, 0.717) is 5.56 Å². The van der Waals surface area contributed by atoms with Crippen LogP contribution in [0.3, 0.4) is 0 Å². The number of hydrogen-bond donors (Lipinski definition) is 4. The number of rotatable bonds is 9. The van der Waals surface area contributed by atoms with E-state index in [1.165, 1.54) is 24.3 Å². The van der Waals surface area contributed by atoms with Crippen molar-refractivity contribution in [2.45, 2.75) is 32.4 Å². The number of benzene rings is 1. The Balaban J connectivity index is 3.09. The monoisotopic (exact) mass is 439 g/mol. The number of esters is 1. The number of aliphatic hydroxyl groups excluding tert-OH is 1. The van der Waals surface area contributed by atoms with Gasteiger partial charge in [-0.2, -0.15) is 0 Å². The van der Waals surface area contributed by atoms with Crippen molar-refractivity contribution in [2.75, 3.05) is 33.4 Å².